The van der Waals surface area contributed by atoms with E-state index in [0.717, 1.165) is 15.4 Å². The van der Waals surface area contributed by atoms with Crippen molar-refractivity contribution in [2.24, 2.45) is 7.05 Å². The average Bonchev–Trinajstić information content (AvgIpc) is 2.83. The number of fused-ring (bicyclic) bond motifs is 1. The Morgan fingerprint density at radius 2 is 2.15 bits per heavy atom. The highest BCUT2D eigenvalue weighted by molar-refractivity contribution is 9.10. The summed E-state index contributed by atoms with van der Waals surface area (Å²) in [4.78, 5) is 16.5. The average molecular weight is 331 g/mol. The first-order valence-electron chi connectivity index (χ1n) is 5.98. The Kier molecular flexibility index (Phi) is 3.23. The van der Waals surface area contributed by atoms with E-state index in [-0.39, 0.29) is 5.91 Å². The van der Waals surface area contributed by atoms with Gasteiger partial charge >= 0.3 is 0 Å². The first-order chi connectivity index (χ1) is 9.63. The molecule has 0 unspecified atom stereocenters. The third kappa shape index (κ3) is 2.42. The second-order valence-corrected chi connectivity index (χ2v) is 5.27. The van der Waals surface area contributed by atoms with Gasteiger partial charge in [0, 0.05) is 34.7 Å². The van der Waals surface area contributed by atoms with Gasteiger partial charge in [-0.1, -0.05) is 6.07 Å². The van der Waals surface area contributed by atoms with E-state index in [0.29, 0.717) is 11.4 Å². The molecule has 0 aliphatic heterocycles. The van der Waals surface area contributed by atoms with Gasteiger partial charge < -0.3 is 5.32 Å². The molecular formula is C14H11BrN4O. The lowest BCUT2D eigenvalue weighted by molar-refractivity contribution is 0.102. The van der Waals surface area contributed by atoms with E-state index in [4.69, 9.17) is 0 Å². The van der Waals surface area contributed by atoms with Crippen molar-refractivity contribution in [2.75, 3.05) is 5.32 Å². The molecule has 1 aromatic carbocycles. The van der Waals surface area contributed by atoms with E-state index >= 15 is 0 Å². The summed E-state index contributed by atoms with van der Waals surface area (Å²) in [5.74, 6) is 0.471. The van der Waals surface area contributed by atoms with Crippen molar-refractivity contribution in [1.82, 2.24) is 14.8 Å². The molecule has 0 radical (unpaired) electrons. The number of halogens is 1. The smallest absolute Gasteiger partial charge is 0.256 e. The number of hydrogen-bond acceptors (Lipinski definition) is 3. The first kappa shape index (κ1) is 12.8. The van der Waals surface area contributed by atoms with Gasteiger partial charge in [0.15, 0.2) is 0 Å². The Morgan fingerprint density at radius 1 is 1.30 bits per heavy atom. The molecule has 3 aromatic rings. The summed E-state index contributed by atoms with van der Waals surface area (Å²) in [5.41, 5.74) is 1.35. The molecule has 2 aromatic heterocycles. The fourth-order valence-corrected chi connectivity index (χ4v) is 2.27. The summed E-state index contributed by atoms with van der Waals surface area (Å²) in [7, 11) is 1.77. The predicted molar refractivity (Wildman–Crippen MR) is 80.6 cm³/mol. The molecule has 0 aliphatic carbocycles. The molecule has 5 nitrogen and oxygen atoms in total. The maximum absolute atomic E-state index is 12.2. The van der Waals surface area contributed by atoms with E-state index in [1.165, 1.54) is 0 Å². The maximum atomic E-state index is 12.2. The number of benzene rings is 1. The van der Waals surface area contributed by atoms with Crippen LogP contribution >= 0.6 is 15.9 Å². The monoisotopic (exact) mass is 330 g/mol. The number of hydrogen-bond donors (Lipinski definition) is 1. The molecule has 0 aliphatic rings. The van der Waals surface area contributed by atoms with Crippen LogP contribution in [0.1, 0.15) is 10.4 Å². The van der Waals surface area contributed by atoms with E-state index in [1.54, 1.807) is 42.3 Å². The molecule has 100 valence electrons. The number of amides is 1. The minimum atomic E-state index is -0.180. The van der Waals surface area contributed by atoms with Crippen LogP contribution in [0.3, 0.4) is 0 Å². The van der Waals surface area contributed by atoms with Crippen molar-refractivity contribution >= 4 is 38.6 Å². The predicted octanol–water partition coefficient (Wildman–Crippen LogP) is 2.98. The molecular weight excluding hydrogens is 320 g/mol. The van der Waals surface area contributed by atoms with Crippen LogP contribution in [0.25, 0.3) is 10.9 Å². The number of carbonyl (C=O) groups excluding carboxylic acids is 1. The van der Waals surface area contributed by atoms with Crippen LogP contribution in [0, 0.1) is 0 Å². The quantitative estimate of drug-likeness (QED) is 0.785. The van der Waals surface area contributed by atoms with Gasteiger partial charge in [-0.25, -0.2) is 0 Å². The standard InChI is InChI=1S/C14H11BrN4O/c1-19-13(4-5-17-19)18-14(20)10-3-2-9-6-11(15)8-16-12(9)7-10/h2-8H,1H3,(H,18,20). The zero-order valence-corrected chi connectivity index (χ0v) is 12.3. The number of rotatable bonds is 2. The van der Waals surface area contributed by atoms with Gasteiger partial charge in [0.05, 0.1) is 11.7 Å². The Labute approximate surface area is 123 Å². The van der Waals surface area contributed by atoms with Crippen molar-refractivity contribution < 1.29 is 4.79 Å². The second kappa shape index (κ2) is 5.05. The highest BCUT2D eigenvalue weighted by Gasteiger charge is 2.09. The third-order valence-electron chi connectivity index (χ3n) is 2.98. The van der Waals surface area contributed by atoms with E-state index in [9.17, 15) is 4.79 Å². The lowest BCUT2D eigenvalue weighted by Gasteiger charge is -2.06. The molecule has 1 amide bonds. The van der Waals surface area contributed by atoms with E-state index < -0.39 is 0 Å². The van der Waals surface area contributed by atoms with Crippen molar-refractivity contribution in [1.29, 1.82) is 0 Å². The Bertz CT molecular complexity index is 797. The highest BCUT2D eigenvalue weighted by atomic mass is 79.9. The lowest BCUT2D eigenvalue weighted by Crippen LogP contribution is -2.14. The van der Waals surface area contributed by atoms with Gasteiger partial charge in [0.1, 0.15) is 5.82 Å². The summed E-state index contributed by atoms with van der Waals surface area (Å²) in [5, 5.41) is 7.80. The number of pyridine rings is 1. The van der Waals surface area contributed by atoms with Crippen molar-refractivity contribution in [3.63, 3.8) is 0 Å². The molecule has 0 spiro atoms. The Morgan fingerprint density at radius 3 is 2.90 bits per heavy atom. The van der Waals surface area contributed by atoms with Gasteiger partial charge in [-0.15, -0.1) is 0 Å². The first-order valence-corrected chi connectivity index (χ1v) is 6.77. The van der Waals surface area contributed by atoms with E-state index in [2.05, 4.69) is 31.3 Å². The van der Waals surface area contributed by atoms with Crippen molar-refractivity contribution in [3.8, 4) is 0 Å². The summed E-state index contributed by atoms with van der Waals surface area (Å²) >= 11 is 3.38. The minimum absolute atomic E-state index is 0.180. The fraction of sp³-hybridized carbons (Fsp3) is 0.0714. The van der Waals surface area contributed by atoms with Crippen LogP contribution in [-0.4, -0.2) is 20.7 Å². The lowest BCUT2D eigenvalue weighted by atomic mass is 10.1. The van der Waals surface area contributed by atoms with Gasteiger partial charge in [-0.2, -0.15) is 5.10 Å². The molecule has 0 saturated carbocycles. The largest absolute Gasteiger partial charge is 0.307 e. The number of aromatic nitrogens is 3. The van der Waals surface area contributed by atoms with Gasteiger partial charge in [-0.3, -0.25) is 14.5 Å². The zero-order chi connectivity index (χ0) is 14.1. The van der Waals surface area contributed by atoms with Crippen LogP contribution in [0.15, 0.2) is 47.2 Å². The molecule has 1 N–H and O–H groups in total. The summed E-state index contributed by atoms with van der Waals surface area (Å²) in [6, 6.07) is 9.14. The number of carbonyl (C=O) groups is 1. The zero-order valence-electron chi connectivity index (χ0n) is 10.7. The van der Waals surface area contributed by atoms with Gasteiger partial charge in [-0.05, 0) is 34.1 Å². The second-order valence-electron chi connectivity index (χ2n) is 4.36. The van der Waals surface area contributed by atoms with Crippen LogP contribution in [0.2, 0.25) is 0 Å². The van der Waals surface area contributed by atoms with E-state index in [1.807, 2.05) is 12.1 Å². The summed E-state index contributed by atoms with van der Waals surface area (Å²) in [6.07, 6.45) is 3.35. The molecule has 0 saturated heterocycles. The molecule has 0 fully saturated rings. The highest BCUT2D eigenvalue weighted by Crippen LogP contribution is 2.19. The number of nitrogens with zero attached hydrogens (tertiary/aromatic N) is 3. The van der Waals surface area contributed by atoms with Crippen LogP contribution in [-0.2, 0) is 7.05 Å². The van der Waals surface area contributed by atoms with Crippen LogP contribution in [0.5, 0.6) is 0 Å². The normalized spacial score (nSPS) is 10.7. The number of nitrogens with one attached hydrogen (secondary N) is 1. The third-order valence-corrected chi connectivity index (χ3v) is 3.41. The molecule has 0 atom stereocenters. The molecule has 6 heteroatoms. The van der Waals surface area contributed by atoms with Gasteiger partial charge in [0.25, 0.3) is 5.91 Å². The van der Waals surface area contributed by atoms with Crippen LogP contribution < -0.4 is 5.32 Å². The number of aryl methyl sites for hydroxylation is 1. The number of anilines is 1. The molecule has 20 heavy (non-hydrogen) atoms. The minimum Gasteiger partial charge on any atom is -0.307 e. The van der Waals surface area contributed by atoms with Crippen LogP contribution in [0.4, 0.5) is 5.82 Å². The SMILES string of the molecule is Cn1nccc1NC(=O)c1ccc2cc(Br)cnc2c1. The summed E-state index contributed by atoms with van der Waals surface area (Å²) in [6.45, 7) is 0. The maximum Gasteiger partial charge on any atom is 0.256 e. The molecule has 3 rings (SSSR count). The molecule has 2 heterocycles. The Balaban J connectivity index is 1.92. The fourth-order valence-electron chi connectivity index (χ4n) is 1.92. The Hall–Kier alpha value is -2.21. The van der Waals surface area contributed by atoms with Crippen molar-refractivity contribution in [3.05, 3.63) is 52.8 Å². The topological polar surface area (TPSA) is 59.8 Å². The summed E-state index contributed by atoms with van der Waals surface area (Å²) < 4.78 is 2.52. The molecule has 0 bridgehead atoms. The van der Waals surface area contributed by atoms with Crippen molar-refractivity contribution in [2.45, 2.75) is 0 Å². The van der Waals surface area contributed by atoms with Gasteiger partial charge in [0.2, 0.25) is 0 Å².